The Kier molecular flexibility index (Phi) is 4.97. The van der Waals surface area contributed by atoms with E-state index >= 15 is 0 Å². The Hall–Kier alpha value is -0.860. The van der Waals surface area contributed by atoms with Crippen LogP contribution in [0, 0.1) is 11.8 Å². The molecule has 0 N–H and O–H groups in total. The molecule has 2 atom stereocenters. The fourth-order valence-electron chi connectivity index (χ4n) is 3.72. The standard InChI is InChI=1S/C18H25ClN2/c1-14-11-17(16-7-4-9-20-12-16)18(19)21(13-14)10-8-15-5-2-3-6-15/h4,7,9,11-12,14-15,18H,2-3,5-6,8,10,13H2,1H3. The second-order valence-electron chi connectivity index (χ2n) is 6.61. The third-order valence-electron chi connectivity index (χ3n) is 4.86. The lowest BCUT2D eigenvalue weighted by Crippen LogP contribution is -2.40. The molecule has 2 nitrogen and oxygen atoms in total. The molecule has 3 heteroatoms. The van der Waals surface area contributed by atoms with Crippen LogP contribution in [0.25, 0.3) is 5.57 Å². The zero-order chi connectivity index (χ0) is 14.7. The van der Waals surface area contributed by atoms with Crippen LogP contribution in [0.3, 0.4) is 0 Å². The Morgan fingerprint density at radius 1 is 1.33 bits per heavy atom. The molecule has 2 unspecified atom stereocenters. The van der Waals surface area contributed by atoms with E-state index in [1.54, 1.807) is 0 Å². The van der Waals surface area contributed by atoms with Gasteiger partial charge >= 0.3 is 0 Å². The van der Waals surface area contributed by atoms with Crippen LogP contribution in [0.15, 0.2) is 30.6 Å². The van der Waals surface area contributed by atoms with Gasteiger partial charge in [-0.05, 0) is 35.5 Å². The lowest BCUT2D eigenvalue weighted by Gasteiger charge is -2.36. The van der Waals surface area contributed by atoms with Crippen molar-refractivity contribution in [2.24, 2.45) is 11.8 Å². The highest BCUT2D eigenvalue weighted by Gasteiger charge is 2.28. The van der Waals surface area contributed by atoms with Crippen LogP contribution < -0.4 is 0 Å². The third kappa shape index (κ3) is 3.67. The summed E-state index contributed by atoms with van der Waals surface area (Å²) in [4.78, 5) is 6.69. The number of alkyl halides is 1. The van der Waals surface area contributed by atoms with Gasteiger partial charge in [-0.15, -0.1) is 11.6 Å². The average molecular weight is 305 g/mol. The Morgan fingerprint density at radius 3 is 2.86 bits per heavy atom. The summed E-state index contributed by atoms with van der Waals surface area (Å²) < 4.78 is 0. The van der Waals surface area contributed by atoms with Crippen LogP contribution in [0.1, 0.15) is 44.6 Å². The Bertz CT molecular complexity index is 479. The monoisotopic (exact) mass is 304 g/mol. The van der Waals surface area contributed by atoms with Crippen molar-refractivity contribution in [2.75, 3.05) is 13.1 Å². The van der Waals surface area contributed by atoms with Gasteiger partial charge in [-0.2, -0.15) is 0 Å². The fraction of sp³-hybridized carbons (Fsp3) is 0.611. The normalized spacial score (nSPS) is 27.8. The zero-order valence-electron chi connectivity index (χ0n) is 12.8. The van der Waals surface area contributed by atoms with Gasteiger partial charge in [-0.3, -0.25) is 9.88 Å². The summed E-state index contributed by atoms with van der Waals surface area (Å²) >= 11 is 6.76. The summed E-state index contributed by atoms with van der Waals surface area (Å²) in [5.74, 6) is 1.48. The highest BCUT2D eigenvalue weighted by atomic mass is 35.5. The van der Waals surface area contributed by atoms with Crippen molar-refractivity contribution in [1.29, 1.82) is 0 Å². The first-order valence-electron chi connectivity index (χ1n) is 8.24. The fourth-order valence-corrected chi connectivity index (χ4v) is 4.09. The third-order valence-corrected chi connectivity index (χ3v) is 5.37. The molecule has 114 valence electrons. The van der Waals surface area contributed by atoms with E-state index in [2.05, 4.69) is 29.0 Å². The molecule has 1 aromatic heterocycles. The molecule has 0 radical (unpaired) electrons. The lowest BCUT2D eigenvalue weighted by atomic mass is 9.95. The van der Waals surface area contributed by atoms with Gasteiger partial charge in [-0.1, -0.05) is 44.7 Å². The molecule has 2 heterocycles. The summed E-state index contributed by atoms with van der Waals surface area (Å²) in [7, 11) is 0. The van der Waals surface area contributed by atoms with Crippen molar-refractivity contribution in [3.63, 3.8) is 0 Å². The molecule has 1 aromatic rings. The first kappa shape index (κ1) is 15.1. The summed E-state index contributed by atoms with van der Waals surface area (Å²) in [6, 6.07) is 4.10. The molecule has 0 bridgehead atoms. The van der Waals surface area contributed by atoms with E-state index in [1.807, 2.05) is 18.5 Å². The van der Waals surface area contributed by atoms with Crippen LogP contribution in [0.4, 0.5) is 0 Å². The maximum Gasteiger partial charge on any atom is 0.111 e. The van der Waals surface area contributed by atoms with Crippen molar-refractivity contribution in [2.45, 2.75) is 44.5 Å². The van der Waals surface area contributed by atoms with Gasteiger partial charge < -0.3 is 0 Å². The van der Waals surface area contributed by atoms with Crippen LogP contribution in [0.5, 0.6) is 0 Å². The van der Waals surface area contributed by atoms with Gasteiger partial charge in [0, 0.05) is 25.5 Å². The number of halogens is 1. The minimum atomic E-state index is -0.00759. The van der Waals surface area contributed by atoms with E-state index in [0.29, 0.717) is 5.92 Å². The van der Waals surface area contributed by atoms with Crippen molar-refractivity contribution < 1.29 is 0 Å². The van der Waals surface area contributed by atoms with E-state index in [4.69, 9.17) is 11.6 Å². The van der Waals surface area contributed by atoms with E-state index in [-0.39, 0.29) is 5.50 Å². The summed E-state index contributed by atoms with van der Waals surface area (Å²) in [5, 5.41) is 0. The van der Waals surface area contributed by atoms with E-state index in [9.17, 15) is 0 Å². The second-order valence-corrected chi connectivity index (χ2v) is 7.02. The molecule has 1 fully saturated rings. The Labute approximate surface area is 133 Å². The van der Waals surface area contributed by atoms with Crippen molar-refractivity contribution in [3.05, 3.63) is 36.2 Å². The summed E-state index contributed by atoms with van der Waals surface area (Å²) in [6.45, 7) is 4.48. The Morgan fingerprint density at radius 2 is 2.14 bits per heavy atom. The molecule has 0 saturated heterocycles. The quantitative estimate of drug-likeness (QED) is 0.599. The largest absolute Gasteiger partial charge is 0.283 e. The molecule has 1 aliphatic heterocycles. The van der Waals surface area contributed by atoms with Crippen molar-refractivity contribution in [3.8, 4) is 0 Å². The minimum absolute atomic E-state index is 0.00759. The number of aromatic nitrogens is 1. The molecule has 1 aliphatic carbocycles. The maximum absolute atomic E-state index is 6.76. The zero-order valence-corrected chi connectivity index (χ0v) is 13.6. The van der Waals surface area contributed by atoms with Gasteiger partial charge in [0.25, 0.3) is 0 Å². The minimum Gasteiger partial charge on any atom is -0.283 e. The van der Waals surface area contributed by atoms with Gasteiger partial charge in [0.1, 0.15) is 5.50 Å². The second kappa shape index (κ2) is 6.93. The molecule has 0 aromatic carbocycles. The van der Waals surface area contributed by atoms with E-state index < -0.39 is 0 Å². The smallest absolute Gasteiger partial charge is 0.111 e. The van der Waals surface area contributed by atoms with E-state index in [0.717, 1.165) is 24.6 Å². The van der Waals surface area contributed by atoms with Crippen molar-refractivity contribution >= 4 is 17.2 Å². The van der Waals surface area contributed by atoms with Crippen LogP contribution in [-0.2, 0) is 0 Å². The molecule has 0 amide bonds. The predicted octanol–water partition coefficient (Wildman–Crippen LogP) is 4.56. The number of nitrogens with zero attached hydrogens (tertiary/aromatic N) is 2. The lowest BCUT2D eigenvalue weighted by molar-refractivity contribution is 0.232. The van der Waals surface area contributed by atoms with Gasteiger partial charge in [0.15, 0.2) is 0 Å². The summed E-state index contributed by atoms with van der Waals surface area (Å²) in [5.41, 5.74) is 2.39. The number of pyridine rings is 1. The molecular formula is C18H25ClN2. The number of hydrogen-bond donors (Lipinski definition) is 0. The molecule has 1 saturated carbocycles. The molecule has 21 heavy (non-hydrogen) atoms. The summed E-state index contributed by atoms with van der Waals surface area (Å²) in [6.07, 6.45) is 13.0. The molecule has 3 rings (SSSR count). The molecule has 2 aliphatic rings. The van der Waals surface area contributed by atoms with Gasteiger partial charge in [0.2, 0.25) is 0 Å². The highest BCUT2D eigenvalue weighted by molar-refractivity contribution is 6.26. The molecular weight excluding hydrogens is 280 g/mol. The highest BCUT2D eigenvalue weighted by Crippen LogP contribution is 2.33. The average Bonchev–Trinajstić information content (AvgIpc) is 3.02. The number of rotatable bonds is 4. The first-order valence-corrected chi connectivity index (χ1v) is 8.68. The Balaban J connectivity index is 1.68. The van der Waals surface area contributed by atoms with E-state index in [1.165, 1.54) is 37.7 Å². The van der Waals surface area contributed by atoms with Crippen LogP contribution in [0.2, 0.25) is 0 Å². The van der Waals surface area contributed by atoms with Crippen LogP contribution in [-0.4, -0.2) is 28.5 Å². The number of hydrogen-bond acceptors (Lipinski definition) is 2. The van der Waals surface area contributed by atoms with Crippen molar-refractivity contribution in [1.82, 2.24) is 9.88 Å². The SMILES string of the molecule is CC1C=C(c2cccnc2)C(Cl)N(CCC2CCCC2)C1. The molecule has 0 spiro atoms. The topological polar surface area (TPSA) is 16.1 Å². The van der Waals surface area contributed by atoms with Gasteiger partial charge in [0.05, 0.1) is 0 Å². The van der Waals surface area contributed by atoms with Crippen LogP contribution >= 0.6 is 11.6 Å². The maximum atomic E-state index is 6.76. The first-order chi connectivity index (χ1) is 10.2. The predicted molar refractivity (Wildman–Crippen MR) is 89.2 cm³/mol. The van der Waals surface area contributed by atoms with Gasteiger partial charge in [-0.25, -0.2) is 0 Å².